The molecule has 11 heteroatoms. The van der Waals surface area contributed by atoms with E-state index in [2.05, 4.69) is 10.3 Å². The lowest BCUT2D eigenvalue weighted by molar-refractivity contribution is -0.139. The molecule has 0 aliphatic rings. The second kappa shape index (κ2) is 12.7. The molecule has 0 spiro atoms. The Labute approximate surface area is 247 Å². The van der Waals surface area contributed by atoms with Crippen molar-refractivity contribution in [2.75, 3.05) is 5.75 Å². The van der Waals surface area contributed by atoms with Gasteiger partial charge in [0, 0.05) is 22.6 Å². The van der Waals surface area contributed by atoms with E-state index in [0.717, 1.165) is 28.8 Å². The van der Waals surface area contributed by atoms with E-state index in [4.69, 9.17) is 4.42 Å². The van der Waals surface area contributed by atoms with Crippen LogP contribution in [0.3, 0.4) is 0 Å². The number of nitrogens with zero attached hydrogens (tertiary/aromatic N) is 1. The zero-order valence-corrected chi connectivity index (χ0v) is 23.4. The van der Waals surface area contributed by atoms with Gasteiger partial charge in [-0.1, -0.05) is 54.6 Å². The van der Waals surface area contributed by atoms with E-state index in [1.807, 2.05) is 59.3 Å². The first kappa shape index (κ1) is 29.2. The van der Waals surface area contributed by atoms with Crippen molar-refractivity contribution in [3.63, 3.8) is 0 Å². The summed E-state index contributed by atoms with van der Waals surface area (Å²) in [6.45, 7) is 0. The number of hydrogen-bond donors (Lipinski definition) is 2. The number of carbonyl (C=O) groups is 2. The van der Waals surface area contributed by atoms with Crippen LogP contribution in [0.2, 0.25) is 0 Å². The third kappa shape index (κ3) is 6.92. The maximum absolute atomic E-state index is 13.4. The summed E-state index contributed by atoms with van der Waals surface area (Å²) in [4.78, 5) is 29.7. The van der Waals surface area contributed by atoms with Gasteiger partial charge < -0.3 is 14.8 Å². The lowest BCUT2D eigenvalue weighted by Crippen LogP contribution is -2.42. The standard InChI is InChI=1S/C31H23F3N2O4S2/c32-31(33,34)24-12-10-22(11-13-24)29-36-26(27(40-29)21-8-6-20(7-9-21)23-14-15-41-17-23)28(37)35-25(30(38)39)18-42-16-19-4-2-1-3-5-19/h1-15,17,25H,16,18H2,(H,35,37)(H,38,39)/t25-/m0/s1. The third-order valence-corrected chi connectivity index (χ3v) is 8.09. The van der Waals surface area contributed by atoms with E-state index in [1.165, 1.54) is 23.9 Å². The lowest BCUT2D eigenvalue weighted by atomic mass is 10.0. The summed E-state index contributed by atoms with van der Waals surface area (Å²) in [6, 6.07) is 21.7. The number of alkyl halides is 3. The number of amides is 1. The molecule has 0 saturated heterocycles. The van der Waals surface area contributed by atoms with E-state index < -0.39 is 29.7 Å². The minimum absolute atomic E-state index is 0.0698. The van der Waals surface area contributed by atoms with Gasteiger partial charge in [0.1, 0.15) is 6.04 Å². The molecule has 0 aliphatic carbocycles. The Hall–Kier alpha value is -4.35. The van der Waals surface area contributed by atoms with Gasteiger partial charge in [0.15, 0.2) is 11.5 Å². The molecule has 0 fully saturated rings. The highest BCUT2D eigenvalue weighted by molar-refractivity contribution is 7.98. The molecule has 5 aromatic rings. The summed E-state index contributed by atoms with van der Waals surface area (Å²) in [5.41, 5.74) is 2.69. The molecule has 5 rings (SSSR count). The third-order valence-electron chi connectivity index (χ3n) is 6.30. The van der Waals surface area contributed by atoms with Gasteiger partial charge in [-0.2, -0.15) is 36.3 Å². The molecule has 1 atom stereocenters. The van der Waals surface area contributed by atoms with E-state index in [-0.39, 0.29) is 28.7 Å². The van der Waals surface area contributed by atoms with E-state index in [1.54, 1.807) is 23.5 Å². The molecule has 2 heterocycles. The van der Waals surface area contributed by atoms with Crippen LogP contribution in [-0.2, 0) is 16.7 Å². The zero-order chi connectivity index (χ0) is 29.7. The van der Waals surface area contributed by atoms with Crippen LogP contribution in [0, 0.1) is 0 Å². The molecule has 0 radical (unpaired) electrons. The summed E-state index contributed by atoms with van der Waals surface area (Å²) in [5.74, 6) is -1.33. The van der Waals surface area contributed by atoms with Crippen molar-refractivity contribution >= 4 is 35.0 Å². The molecule has 214 valence electrons. The first-order chi connectivity index (χ1) is 20.2. The Morgan fingerprint density at radius 1 is 0.905 bits per heavy atom. The van der Waals surface area contributed by atoms with Crippen LogP contribution in [0.25, 0.3) is 33.9 Å². The maximum atomic E-state index is 13.4. The second-order valence-corrected chi connectivity index (χ2v) is 11.0. The average molecular weight is 609 g/mol. The molecule has 0 bridgehead atoms. The Morgan fingerprint density at radius 3 is 2.19 bits per heavy atom. The van der Waals surface area contributed by atoms with Crippen LogP contribution in [0.5, 0.6) is 0 Å². The number of aromatic nitrogens is 1. The number of thioether (sulfide) groups is 1. The summed E-state index contributed by atoms with van der Waals surface area (Å²) >= 11 is 2.91. The highest BCUT2D eigenvalue weighted by atomic mass is 32.2. The van der Waals surface area contributed by atoms with Crippen molar-refractivity contribution in [2.24, 2.45) is 0 Å². The van der Waals surface area contributed by atoms with Crippen molar-refractivity contribution in [1.29, 1.82) is 0 Å². The van der Waals surface area contributed by atoms with Gasteiger partial charge in [0.2, 0.25) is 5.89 Å². The van der Waals surface area contributed by atoms with Crippen LogP contribution in [0.4, 0.5) is 13.2 Å². The van der Waals surface area contributed by atoms with Crippen LogP contribution in [0.1, 0.15) is 21.6 Å². The summed E-state index contributed by atoms with van der Waals surface area (Å²) < 4.78 is 45.2. The van der Waals surface area contributed by atoms with Crippen molar-refractivity contribution in [2.45, 2.75) is 18.0 Å². The number of nitrogens with one attached hydrogen (secondary N) is 1. The van der Waals surface area contributed by atoms with Gasteiger partial charge in [0.25, 0.3) is 5.91 Å². The highest BCUT2D eigenvalue weighted by Gasteiger charge is 2.31. The van der Waals surface area contributed by atoms with E-state index >= 15 is 0 Å². The molecule has 2 aromatic heterocycles. The number of aliphatic carboxylic acids is 1. The van der Waals surface area contributed by atoms with Crippen molar-refractivity contribution < 1.29 is 32.3 Å². The average Bonchev–Trinajstić information content (AvgIpc) is 3.68. The molecule has 2 N–H and O–H groups in total. The van der Waals surface area contributed by atoms with Crippen molar-refractivity contribution in [3.8, 4) is 33.9 Å². The van der Waals surface area contributed by atoms with Crippen molar-refractivity contribution in [1.82, 2.24) is 10.3 Å². The van der Waals surface area contributed by atoms with Crippen molar-refractivity contribution in [3.05, 3.63) is 113 Å². The molecule has 0 aliphatic heterocycles. The van der Waals surface area contributed by atoms with Gasteiger partial charge in [0.05, 0.1) is 5.56 Å². The number of oxazole rings is 1. The minimum atomic E-state index is -4.51. The number of rotatable bonds is 10. The van der Waals surface area contributed by atoms with Gasteiger partial charge in [-0.25, -0.2) is 9.78 Å². The number of benzene rings is 3. The van der Waals surface area contributed by atoms with Crippen LogP contribution in [0.15, 0.2) is 100 Å². The predicted molar refractivity (Wildman–Crippen MR) is 157 cm³/mol. The molecule has 0 unspecified atom stereocenters. The molecular weight excluding hydrogens is 585 g/mol. The van der Waals surface area contributed by atoms with Crippen LogP contribution >= 0.6 is 23.1 Å². The summed E-state index contributed by atoms with van der Waals surface area (Å²) in [7, 11) is 0. The minimum Gasteiger partial charge on any atom is -0.480 e. The van der Waals surface area contributed by atoms with Gasteiger partial charge >= 0.3 is 12.1 Å². The second-order valence-electron chi connectivity index (χ2n) is 9.23. The normalized spacial score (nSPS) is 12.2. The Kier molecular flexibility index (Phi) is 8.79. The first-order valence-electron chi connectivity index (χ1n) is 12.7. The maximum Gasteiger partial charge on any atom is 0.416 e. The Balaban J connectivity index is 1.43. The summed E-state index contributed by atoms with van der Waals surface area (Å²) in [5, 5.41) is 16.3. The molecule has 0 saturated carbocycles. The first-order valence-corrected chi connectivity index (χ1v) is 14.8. The fourth-order valence-electron chi connectivity index (χ4n) is 4.11. The number of carboxylic acid groups (broad SMARTS) is 1. The lowest BCUT2D eigenvalue weighted by Gasteiger charge is -2.14. The largest absolute Gasteiger partial charge is 0.480 e. The number of thiophene rings is 1. The number of carboxylic acids is 1. The van der Waals surface area contributed by atoms with Gasteiger partial charge in [-0.3, -0.25) is 4.79 Å². The number of hydrogen-bond acceptors (Lipinski definition) is 6. The summed E-state index contributed by atoms with van der Waals surface area (Å²) in [6.07, 6.45) is -4.51. The Bertz CT molecular complexity index is 1650. The van der Waals surface area contributed by atoms with Crippen LogP contribution in [-0.4, -0.2) is 33.8 Å². The van der Waals surface area contributed by atoms with E-state index in [9.17, 15) is 27.9 Å². The molecule has 1 amide bonds. The quantitative estimate of drug-likeness (QED) is 0.168. The smallest absolute Gasteiger partial charge is 0.416 e. The SMILES string of the molecule is O=C(N[C@@H](CSCc1ccccc1)C(=O)O)c1nc(-c2ccc(C(F)(F)F)cc2)oc1-c1ccc(-c2ccsc2)cc1. The highest BCUT2D eigenvalue weighted by Crippen LogP contribution is 2.34. The topological polar surface area (TPSA) is 92.4 Å². The zero-order valence-electron chi connectivity index (χ0n) is 21.8. The monoisotopic (exact) mass is 608 g/mol. The predicted octanol–water partition coefficient (Wildman–Crippen LogP) is 7.87. The molecule has 42 heavy (non-hydrogen) atoms. The number of carbonyl (C=O) groups excluding carboxylic acids is 1. The van der Waals surface area contributed by atoms with Gasteiger partial charge in [-0.05, 0) is 57.8 Å². The molecule has 6 nitrogen and oxygen atoms in total. The Morgan fingerprint density at radius 2 is 1.57 bits per heavy atom. The number of halogens is 3. The van der Waals surface area contributed by atoms with Crippen LogP contribution < -0.4 is 5.32 Å². The van der Waals surface area contributed by atoms with Gasteiger partial charge in [-0.15, -0.1) is 0 Å². The molecular formula is C31H23F3N2O4S2. The fraction of sp³-hybridized carbons (Fsp3) is 0.129. The fourth-order valence-corrected chi connectivity index (χ4v) is 5.78. The van der Waals surface area contributed by atoms with E-state index in [0.29, 0.717) is 11.3 Å². The molecule has 3 aromatic carbocycles.